The van der Waals surface area contributed by atoms with Crippen molar-refractivity contribution >= 4 is 10.0 Å². The van der Waals surface area contributed by atoms with Crippen molar-refractivity contribution in [1.29, 1.82) is 5.26 Å². The summed E-state index contributed by atoms with van der Waals surface area (Å²) in [4.78, 5) is 3.92. The molecule has 1 aliphatic rings. The van der Waals surface area contributed by atoms with E-state index in [1.54, 1.807) is 6.07 Å². The Bertz CT molecular complexity index is 585. The van der Waals surface area contributed by atoms with Gasteiger partial charge in [-0.05, 0) is 43.7 Å². The summed E-state index contributed by atoms with van der Waals surface area (Å²) < 4.78 is 27.2. The van der Waals surface area contributed by atoms with E-state index in [0.717, 1.165) is 19.3 Å². The maximum absolute atomic E-state index is 12.3. The summed E-state index contributed by atoms with van der Waals surface area (Å²) in [5.41, 5.74) is -0.972. The third kappa shape index (κ3) is 3.17. The van der Waals surface area contributed by atoms with Gasteiger partial charge in [0.15, 0.2) is 0 Å². The third-order valence-electron chi connectivity index (χ3n) is 4.02. The maximum Gasteiger partial charge on any atom is 0.243 e. The third-order valence-corrected chi connectivity index (χ3v) is 5.55. The van der Waals surface area contributed by atoms with Gasteiger partial charge in [-0.3, -0.25) is 4.98 Å². The molecule has 1 saturated carbocycles. The molecule has 1 fully saturated rings. The molecular formula is C14H19N3O2S. The molecule has 0 aliphatic heterocycles. The quantitative estimate of drug-likeness (QED) is 0.922. The van der Waals surface area contributed by atoms with Crippen LogP contribution in [-0.2, 0) is 10.0 Å². The molecule has 1 N–H and O–H groups in total. The van der Waals surface area contributed by atoms with Crippen molar-refractivity contribution in [3.8, 4) is 6.07 Å². The smallest absolute Gasteiger partial charge is 0.243 e. The number of hydrogen-bond donors (Lipinski definition) is 1. The van der Waals surface area contributed by atoms with E-state index in [2.05, 4.69) is 22.7 Å². The molecule has 0 atom stereocenters. The SMILES string of the molecule is CCC1CCC(C#N)(NS(=O)(=O)c2cccnc2)CC1. The van der Waals surface area contributed by atoms with Gasteiger partial charge in [-0.1, -0.05) is 13.3 Å². The first-order chi connectivity index (χ1) is 9.51. The fraction of sp³-hybridized carbons (Fsp3) is 0.571. The minimum absolute atomic E-state index is 0.104. The Morgan fingerprint density at radius 2 is 2.20 bits per heavy atom. The Labute approximate surface area is 120 Å². The molecule has 1 aliphatic carbocycles. The van der Waals surface area contributed by atoms with Crippen LogP contribution in [0.3, 0.4) is 0 Å². The van der Waals surface area contributed by atoms with Crippen molar-refractivity contribution in [2.75, 3.05) is 0 Å². The zero-order valence-corrected chi connectivity index (χ0v) is 12.4. The number of sulfonamides is 1. The van der Waals surface area contributed by atoms with Crippen LogP contribution in [0.1, 0.15) is 39.0 Å². The van der Waals surface area contributed by atoms with Crippen LogP contribution in [0.15, 0.2) is 29.4 Å². The number of nitriles is 1. The van der Waals surface area contributed by atoms with E-state index < -0.39 is 15.6 Å². The van der Waals surface area contributed by atoms with E-state index in [9.17, 15) is 13.7 Å². The topological polar surface area (TPSA) is 82.9 Å². The maximum atomic E-state index is 12.3. The number of nitrogens with one attached hydrogen (secondary N) is 1. The second kappa shape index (κ2) is 5.90. The first-order valence-corrected chi connectivity index (χ1v) is 8.35. The van der Waals surface area contributed by atoms with Crippen LogP contribution in [-0.4, -0.2) is 18.9 Å². The van der Waals surface area contributed by atoms with Crippen LogP contribution in [0.4, 0.5) is 0 Å². The zero-order chi connectivity index (χ0) is 14.6. The number of rotatable bonds is 4. The molecule has 0 saturated heterocycles. The summed E-state index contributed by atoms with van der Waals surface area (Å²) in [5, 5.41) is 9.42. The molecule has 20 heavy (non-hydrogen) atoms. The van der Waals surface area contributed by atoms with Gasteiger partial charge in [0.2, 0.25) is 10.0 Å². The monoisotopic (exact) mass is 293 g/mol. The summed E-state index contributed by atoms with van der Waals surface area (Å²) in [6.45, 7) is 2.13. The molecule has 0 aromatic carbocycles. The van der Waals surface area contributed by atoms with E-state index in [-0.39, 0.29) is 4.90 Å². The molecule has 108 valence electrons. The van der Waals surface area contributed by atoms with Crippen LogP contribution in [0, 0.1) is 17.2 Å². The first-order valence-electron chi connectivity index (χ1n) is 6.86. The van der Waals surface area contributed by atoms with Gasteiger partial charge in [-0.15, -0.1) is 0 Å². The second-order valence-corrected chi connectivity index (χ2v) is 7.02. The summed E-state index contributed by atoms with van der Waals surface area (Å²) in [5.74, 6) is 0.597. The van der Waals surface area contributed by atoms with Crippen LogP contribution >= 0.6 is 0 Å². The molecule has 1 heterocycles. The molecule has 0 amide bonds. The van der Waals surface area contributed by atoms with Gasteiger partial charge in [0.05, 0.1) is 6.07 Å². The van der Waals surface area contributed by atoms with Gasteiger partial charge in [0.25, 0.3) is 0 Å². The lowest BCUT2D eigenvalue weighted by atomic mass is 9.77. The largest absolute Gasteiger partial charge is 0.263 e. The van der Waals surface area contributed by atoms with E-state index >= 15 is 0 Å². The van der Waals surface area contributed by atoms with E-state index in [0.29, 0.717) is 18.8 Å². The van der Waals surface area contributed by atoms with Crippen LogP contribution in [0.25, 0.3) is 0 Å². The highest BCUT2D eigenvalue weighted by Gasteiger charge is 2.38. The van der Waals surface area contributed by atoms with Crippen LogP contribution in [0.5, 0.6) is 0 Å². The molecule has 6 heteroatoms. The lowest BCUT2D eigenvalue weighted by Crippen LogP contribution is -2.49. The Morgan fingerprint density at radius 3 is 2.70 bits per heavy atom. The minimum atomic E-state index is -3.69. The van der Waals surface area contributed by atoms with Gasteiger partial charge < -0.3 is 0 Å². The fourth-order valence-electron chi connectivity index (χ4n) is 2.64. The van der Waals surface area contributed by atoms with Gasteiger partial charge in [0, 0.05) is 12.4 Å². The zero-order valence-electron chi connectivity index (χ0n) is 11.5. The minimum Gasteiger partial charge on any atom is -0.263 e. The molecule has 1 aromatic heterocycles. The molecule has 1 aromatic rings. The molecule has 5 nitrogen and oxygen atoms in total. The highest BCUT2D eigenvalue weighted by molar-refractivity contribution is 7.89. The van der Waals surface area contributed by atoms with Crippen molar-refractivity contribution in [3.05, 3.63) is 24.5 Å². The Morgan fingerprint density at radius 1 is 1.50 bits per heavy atom. The van der Waals surface area contributed by atoms with Crippen LogP contribution < -0.4 is 4.72 Å². The number of hydrogen-bond acceptors (Lipinski definition) is 4. The van der Waals surface area contributed by atoms with Gasteiger partial charge >= 0.3 is 0 Å². The van der Waals surface area contributed by atoms with Gasteiger partial charge in [0.1, 0.15) is 10.4 Å². The van der Waals surface area contributed by atoms with Crippen molar-refractivity contribution in [2.45, 2.75) is 49.5 Å². The number of pyridine rings is 1. The van der Waals surface area contributed by atoms with Crippen molar-refractivity contribution in [2.24, 2.45) is 5.92 Å². The first kappa shape index (κ1) is 14.9. The highest BCUT2D eigenvalue weighted by atomic mass is 32.2. The highest BCUT2D eigenvalue weighted by Crippen LogP contribution is 2.34. The Hall–Kier alpha value is -1.45. The predicted octanol–water partition coefficient (Wildman–Crippen LogP) is 2.22. The second-order valence-electron chi connectivity index (χ2n) is 5.34. The Balaban J connectivity index is 2.17. The summed E-state index contributed by atoms with van der Waals surface area (Å²) in [6, 6.07) is 5.23. The predicted molar refractivity (Wildman–Crippen MR) is 75.2 cm³/mol. The molecule has 0 bridgehead atoms. The average Bonchev–Trinajstić information content (AvgIpc) is 2.48. The summed E-state index contributed by atoms with van der Waals surface area (Å²) in [7, 11) is -3.69. The molecule has 0 unspecified atom stereocenters. The fourth-order valence-corrected chi connectivity index (χ4v) is 3.98. The van der Waals surface area contributed by atoms with E-state index in [4.69, 9.17) is 0 Å². The van der Waals surface area contributed by atoms with Gasteiger partial charge in [-0.25, -0.2) is 8.42 Å². The van der Waals surface area contributed by atoms with E-state index in [1.165, 1.54) is 18.5 Å². The molecular weight excluding hydrogens is 274 g/mol. The Kier molecular flexibility index (Phi) is 4.41. The van der Waals surface area contributed by atoms with Crippen molar-refractivity contribution < 1.29 is 8.42 Å². The summed E-state index contributed by atoms with van der Waals surface area (Å²) in [6.07, 6.45) is 6.82. The van der Waals surface area contributed by atoms with Crippen molar-refractivity contribution in [1.82, 2.24) is 9.71 Å². The lowest BCUT2D eigenvalue weighted by Gasteiger charge is -2.34. The molecule has 0 spiro atoms. The number of nitrogens with zero attached hydrogens (tertiary/aromatic N) is 2. The van der Waals surface area contributed by atoms with E-state index in [1.807, 2.05) is 0 Å². The number of aromatic nitrogens is 1. The van der Waals surface area contributed by atoms with Crippen LogP contribution in [0.2, 0.25) is 0 Å². The average molecular weight is 293 g/mol. The molecule has 0 radical (unpaired) electrons. The van der Waals surface area contributed by atoms with Crippen molar-refractivity contribution in [3.63, 3.8) is 0 Å². The van der Waals surface area contributed by atoms with Gasteiger partial charge in [-0.2, -0.15) is 9.98 Å². The molecule has 2 rings (SSSR count). The lowest BCUT2D eigenvalue weighted by molar-refractivity contribution is 0.259. The summed E-state index contributed by atoms with van der Waals surface area (Å²) >= 11 is 0. The standard InChI is InChI=1S/C14H19N3O2S/c1-2-12-5-7-14(11-15,8-6-12)17-20(18,19)13-4-3-9-16-10-13/h3-4,9-10,12,17H,2,5-8H2,1H3. The normalized spacial score (nSPS) is 26.9.